The van der Waals surface area contributed by atoms with Crippen molar-refractivity contribution in [1.82, 2.24) is 0 Å². The molecule has 16 heavy (non-hydrogen) atoms. The van der Waals surface area contributed by atoms with E-state index >= 15 is 0 Å². The van der Waals surface area contributed by atoms with Crippen LogP contribution in [0.25, 0.3) is 5.57 Å². The van der Waals surface area contributed by atoms with Crippen LogP contribution in [0.4, 0.5) is 8.78 Å². The Bertz CT molecular complexity index is 451. The van der Waals surface area contributed by atoms with Crippen LogP contribution < -0.4 is 5.73 Å². The van der Waals surface area contributed by atoms with Crippen LogP contribution >= 0.6 is 15.9 Å². The molecule has 1 aliphatic carbocycles. The van der Waals surface area contributed by atoms with E-state index in [-0.39, 0.29) is 0 Å². The first-order valence-electron chi connectivity index (χ1n) is 4.78. The molecule has 0 saturated carbocycles. The Hall–Kier alpha value is -1.00. The molecule has 2 atom stereocenters. The average Bonchev–Trinajstić information content (AvgIpc) is 2.27. The molecule has 0 bridgehead atoms. The topological polar surface area (TPSA) is 26.0 Å². The number of hydrogen-bond donors (Lipinski definition) is 1. The van der Waals surface area contributed by atoms with Crippen molar-refractivity contribution in [3.05, 3.63) is 53.9 Å². The predicted molar refractivity (Wildman–Crippen MR) is 64.4 cm³/mol. The van der Waals surface area contributed by atoms with E-state index < -0.39 is 16.4 Å². The smallest absolute Gasteiger partial charge is 0.159 e. The highest BCUT2D eigenvalue weighted by molar-refractivity contribution is 9.10. The van der Waals surface area contributed by atoms with Gasteiger partial charge in [-0.05, 0) is 23.3 Å². The monoisotopic (exact) mass is 285 g/mol. The minimum atomic E-state index is -1.73. The Kier molecular flexibility index (Phi) is 2.95. The largest absolute Gasteiger partial charge is 0.308 e. The summed E-state index contributed by atoms with van der Waals surface area (Å²) in [4.78, 5) is 0. The maximum Gasteiger partial charge on any atom is 0.159 e. The fourth-order valence-electron chi connectivity index (χ4n) is 1.52. The van der Waals surface area contributed by atoms with Gasteiger partial charge in [-0.1, -0.05) is 46.3 Å². The number of hydrogen-bond acceptors (Lipinski definition) is 1. The second kappa shape index (κ2) is 4.11. The SMILES string of the molecule is NC1(Br)C(F)=CC(c2ccccc2)=CC1F. The molecule has 0 aliphatic heterocycles. The van der Waals surface area contributed by atoms with Gasteiger partial charge in [0.2, 0.25) is 0 Å². The van der Waals surface area contributed by atoms with Crippen LogP contribution in [0.5, 0.6) is 0 Å². The van der Waals surface area contributed by atoms with E-state index in [0.717, 1.165) is 5.56 Å². The van der Waals surface area contributed by atoms with Gasteiger partial charge in [0.1, 0.15) is 5.83 Å². The van der Waals surface area contributed by atoms with Crippen molar-refractivity contribution < 1.29 is 8.78 Å². The third kappa shape index (κ3) is 1.95. The lowest BCUT2D eigenvalue weighted by molar-refractivity contribution is 0.314. The highest BCUT2D eigenvalue weighted by atomic mass is 79.9. The zero-order valence-corrected chi connectivity index (χ0v) is 9.92. The number of rotatable bonds is 1. The number of nitrogens with two attached hydrogens (primary N) is 1. The second-order valence-corrected chi connectivity index (χ2v) is 4.96. The summed E-state index contributed by atoms with van der Waals surface area (Å²) in [5, 5.41) is 0. The zero-order chi connectivity index (χ0) is 11.8. The molecule has 1 aromatic carbocycles. The normalized spacial score (nSPS) is 29.6. The molecule has 1 aliphatic rings. The van der Waals surface area contributed by atoms with E-state index in [2.05, 4.69) is 15.9 Å². The van der Waals surface area contributed by atoms with Gasteiger partial charge in [0.15, 0.2) is 10.6 Å². The van der Waals surface area contributed by atoms with Crippen LogP contribution in [0.3, 0.4) is 0 Å². The van der Waals surface area contributed by atoms with Crippen LogP contribution in [-0.2, 0) is 0 Å². The van der Waals surface area contributed by atoms with Crippen LogP contribution in [0.15, 0.2) is 48.3 Å². The van der Waals surface area contributed by atoms with Crippen molar-refractivity contribution in [3.63, 3.8) is 0 Å². The molecular formula is C12H10BrF2N. The van der Waals surface area contributed by atoms with Crippen molar-refractivity contribution in [2.45, 2.75) is 10.6 Å². The maximum atomic E-state index is 13.6. The van der Waals surface area contributed by atoms with Gasteiger partial charge in [-0.15, -0.1) is 0 Å². The molecule has 0 spiro atoms. The van der Waals surface area contributed by atoms with Crippen LogP contribution in [-0.4, -0.2) is 10.6 Å². The number of halogens is 3. The summed E-state index contributed by atoms with van der Waals surface area (Å²) in [6.07, 6.45) is 0.973. The molecule has 1 aromatic rings. The molecule has 0 fully saturated rings. The molecule has 2 rings (SSSR count). The van der Waals surface area contributed by atoms with Crippen molar-refractivity contribution in [1.29, 1.82) is 0 Å². The first-order valence-corrected chi connectivity index (χ1v) is 5.58. The summed E-state index contributed by atoms with van der Waals surface area (Å²) < 4.78 is 25.4. The molecule has 0 radical (unpaired) electrons. The van der Waals surface area contributed by atoms with Crippen LogP contribution in [0.2, 0.25) is 0 Å². The third-order valence-electron chi connectivity index (χ3n) is 2.48. The first kappa shape index (κ1) is 11.5. The highest BCUT2D eigenvalue weighted by Gasteiger charge is 2.39. The van der Waals surface area contributed by atoms with E-state index in [1.807, 2.05) is 18.2 Å². The lowest BCUT2D eigenvalue weighted by Gasteiger charge is -2.27. The molecule has 0 amide bonds. The Morgan fingerprint density at radius 2 is 1.88 bits per heavy atom. The maximum absolute atomic E-state index is 13.6. The van der Waals surface area contributed by atoms with E-state index in [4.69, 9.17) is 5.73 Å². The molecule has 0 heterocycles. The molecule has 84 valence electrons. The minimum absolute atomic E-state index is 0.506. The molecule has 0 saturated heterocycles. The number of alkyl halides is 2. The summed E-state index contributed by atoms with van der Waals surface area (Å²) >= 11 is 2.84. The zero-order valence-electron chi connectivity index (χ0n) is 8.33. The standard InChI is InChI=1S/C12H10BrF2N/c13-12(16)10(14)6-9(7-11(12)15)8-4-2-1-3-5-8/h1-7,10H,16H2. The van der Waals surface area contributed by atoms with E-state index in [9.17, 15) is 8.78 Å². The summed E-state index contributed by atoms with van der Waals surface area (Å²) in [5.41, 5.74) is 6.73. The minimum Gasteiger partial charge on any atom is -0.308 e. The van der Waals surface area contributed by atoms with Crippen LogP contribution in [0.1, 0.15) is 5.56 Å². The van der Waals surface area contributed by atoms with Crippen molar-refractivity contribution in [2.75, 3.05) is 0 Å². The Labute approximate surface area is 101 Å². The number of benzene rings is 1. The second-order valence-electron chi connectivity index (χ2n) is 3.65. The van der Waals surface area contributed by atoms with Gasteiger partial charge >= 0.3 is 0 Å². The summed E-state index contributed by atoms with van der Waals surface area (Å²) in [6.45, 7) is 0. The van der Waals surface area contributed by atoms with Gasteiger partial charge in [0.05, 0.1) is 0 Å². The molecular weight excluding hydrogens is 276 g/mol. The van der Waals surface area contributed by atoms with E-state index in [1.54, 1.807) is 12.1 Å². The molecule has 2 N–H and O–H groups in total. The van der Waals surface area contributed by atoms with E-state index in [0.29, 0.717) is 5.57 Å². The van der Waals surface area contributed by atoms with Crippen molar-refractivity contribution >= 4 is 21.5 Å². The molecule has 2 unspecified atom stereocenters. The molecule has 4 heteroatoms. The fraction of sp³-hybridized carbons (Fsp3) is 0.167. The lowest BCUT2D eigenvalue weighted by atomic mass is 9.95. The fourth-order valence-corrected chi connectivity index (χ4v) is 1.76. The van der Waals surface area contributed by atoms with Gasteiger partial charge in [-0.25, -0.2) is 8.78 Å². The van der Waals surface area contributed by atoms with Gasteiger partial charge in [-0.3, -0.25) is 0 Å². The van der Waals surface area contributed by atoms with Gasteiger partial charge in [-0.2, -0.15) is 0 Å². The van der Waals surface area contributed by atoms with Gasteiger partial charge in [0, 0.05) is 0 Å². The van der Waals surface area contributed by atoms with Gasteiger partial charge < -0.3 is 5.73 Å². The Balaban J connectivity index is 2.41. The molecule has 1 nitrogen and oxygen atoms in total. The van der Waals surface area contributed by atoms with Gasteiger partial charge in [0.25, 0.3) is 0 Å². The van der Waals surface area contributed by atoms with E-state index in [1.165, 1.54) is 12.2 Å². The quantitative estimate of drug-likeness (QED) is 0.622. The summed E-state index contributed by atoms with van der Waals surface area (Å²) in [7, 11) is 0. The summed E-state index contributed by atoms with van der Waals surface area (Å²) in [6, 6.07) is 9.05. The predicted octanol–water partition coefficient (Wildman–Crippen LogP) is 3.33. The summed E-state index contributed by atoms with van der Waals surface area (Å²) in [5.74, 6) is -0.707. The highest BCUT2D eigenvalue weighted by Crippen LogP contribution is 2.37. The van der Waals surface area contributed by atoms with Crippen molar-refractivity contribution in [2.24, 2.45) is 5.73 Å². The number of allylic oxidation sites excluding steroid dienone is 2. The first-order chi connectivity index (χ1) is 7.51. The lowest BCUT2D eigenvalue weighted by Crippen LogP contribution is -2.44. The van der Waals surface area contributed by atoms with Crippen molar-refractivity contribution in [3.8, 4) is 0 Å². The average molecular weight is 286 g/mol. The molecule has 0 aromatic heterocycles. The Morgan fingerprint density at radius 1 is 1.25 bits per heavy atom. The third-order valence-corrected chi connectivity index (χ3v) is 3.30. The van der Waals surface area contributed by atoms with Crippen LogP contribution in [0, 0.1) is 0 Å². The Morgan fingerprint density at radius 3 is 2.44 bits per heavy atom.